The van der Waals surface area contributed by atoms with E-state index in [2.05, 4.69) is 11.8 Å². The van der Waals surface area contributed by atoms with Crippen LogP contribution in [0.1, 0.15) is 20.8 Å². The first kappa shape index (κ1) is 19.3. The topological polar surface area (TPSA) is 49.6 Å². The molecule has 1 heterocycles. The van der Waals surface area contributed by atoms with Crippen molar-refractivity contribution in [2.24, 2.45) is 11.1 Å². The number of halogens is 2. The first-order valence-corrected chi connectivity index (χ1v) is 5.73. The predicted molar refractivity (Wildman–Crippen MR) is 76.0 cm³/mol. The summed E-state index contributed by atoms with van der Waals surface area (Å²) in [6.45, 7) is 11.1. The van der Waals surface area contributed by atoms with Gasteiger partial charge in [0, 0.05) is 32.7 Å². The number of carbonyl (C=O) groups is 1. The molecule has 0 spiro atoms. The molecule has 0 aromatic rings. The number of piperazine rings is 1. The van der Waals surface area contributed by atoms with Crippen molar-refractivity contribution in [1.82, 2.24) is 9.80 Å². The van der Waals surface area contributed by atoms with Crippen molar-refractivity contribution in [2.75, 3.05) is 39.3 Å². The van der Waals surface area contributed by atoms with Gasteiger partial charge in [0.1, 0.15) is 0 Å². The van der Waals surface area contributed by atoms with Crippen LogP contribution in [0.4, 0.5) is 0 Å². The zero-order chi connectivity index (χ0) is 11.5. The summed E-state index contributed by atoms with van der Waals surface area (Å²) in [5.74, 6) is 0.195. The summed E-state index contributed by atoms with van der Waals surface area (Å²) < 4.78 is 0. The first-order valence-electron chi connectivity index (χ1n) is 5.73. The lowest BCUT2D eigenvalue weighted by Crippen LogP contribution is -2.53. The Kier molecular flexibility index (Phi) is 9.25. The average molecular weight is 286 g/mol. The largest absolute Gasteiger partial charge is 0.340 e. The number of likely N-dealkylation sites (N-methyl/N-ethyl adjacent to an activating group) is 1. The maximum absolute atomic E-state index is 12.1. The zero-order valence-electron chi connectivity index (χ0n) is 10.9. The highest BCUT2D eigenvalue weighted by Crippen LogP contribution is 2.18. The van der Waals surface area contributed by atoms with Crippen molar-refractivity contribution in [3.8, 4) is 0 Å². The third-order valence-electron chi connectivity index (χ3n) is 3.20. The highest BCUT2D eigenvalue weighted by molar-refractivity contribution is 5.85. The minimum Gasteiger partial charge on any atom is -0.340 e. The fraction of sp³-hybridized carbons (Fsp3) is 0.909. The number of hydrogen-bond donors (Lipinski definition) is 1. The van der Waals surface area contributed by atoms with Crippen LogP contribution in [0.3, 0.4) is 0 Å². The Bertz CT molecular complexity index is 229. The number of carbonyl (C=O) groups excluding carboxylic acids is 1. The molecule has 104 valence electrons. The summed E-state index contributed by atoms with van der Waals surface area (Å²) in [5.41, 5.74) is 5.20. The smallest absolute Gasteiger partial charge is 0.229 e. The van der Waals surface area contributed by atoms with Crippen molar-refractivity contribution in [1.29, 1.82) is 0 Å². The van der Waals surface area contributed by atoms with Crippen molar-refractivity contribution in [3.05, 3.63) is 0 Å². The van der Waals surface area contributed by atoms with Gasteiger partial charge in [0.15, 0.2) is 0 Å². The maximum atomic E-state index is 12.1. The Morgan fingerprint density at radius 1 is 1.18 bits per heavy atom. The van der Waals surface area contributed by atoms with Crippen LogP contribution in [0.5, 0.6) is 0 Å². The highest BCUT2D eigenvalue weighted by Gasteiger charge is 2.32. The number of nitrogens with zero attached hydrogens (tertiary/aromatic N) is 2. The Morgan fingerprint density at radius 2 is 1.65 bits per heavy atom. The van der Waals surface area contributed by atoms with Gasteiger partial charge in [0.05, 0.1) is 5.41 Å². The molecule has 17 heavy (non-hydrogen) atoms. The quantitative estimate of drug-likeness (QED) is 0.841. The van der Waals surface area contributed by atoms with Gasteiger partial charge in [-0.05, 0) is 20.4 Å². The Labute approximate surface area is 117 Å². The second-order valence-electron chi connectivity index (χ2n) is 4.81. The van der Waals surface area contributed by atoms with E-state index >= 15 is 0 Å². The molecule has 0 unspecified atom stereocenters. The van der Waals surface area contributed by atoms with Gasteiger partial charge in [-0.25, -0.2) is 0 Å². The average Bonchev–Trinajstić information content (AvgIpc) is 2.28. The van der Waals surface area contributed by atoms with Crippen molar-refractivity contribution < 1.29 is 4.79 Å². The van der Waals surface area contributed by atoms with Crippen molar-refractivity contribution in [2.45, 2.75) is 20.8 Å². The first-order chi connectivity index (χ1) is 7.01. The van der Waals surface area contributed by atoms with Crippen LogP contribution in [-0.4, -0.2) is 55.0 Å². The lowest BCUT2D eigenvalue weighted by Gasteiger charge is -2.37. The molecule has 6 heteroatoms. The molecule has 1 aliphatic rings. The Balaban J connectivity index is 0. The Hall–Kier alpha value is -0.0300. The van der Waals surface area contributed by atoms with E-state index in [0.717, 1.165) is 32.7 Å². The fourth-order valence-electron chi connectivity index (χ4n) is 1.78. The van der Waals surface area contributed by atoms with E-state index in [9.17, 15) is 4.79 Å². The van der Waals surface area contributed by atoms with E-state index in [1.165, 1.54) is 0 Å². The summed E-state index contributed by atoms with van der Waals surface area (Å²) in [5, 5.41) is 0. The molecule has 0 aromatic heterocycles. The summed E-state index contributed by atoms with van der Waals surface area (Å²) in [7, 11) is 0. The molecule has 0 aliphatic carbocycles. The summed E-state index contributed by atoms with van der Waals surface area (Å²) >= 11 is 0. The highest BCUT2D eigenvalue weighted by atomic mass is 35.5. The molecule has 0 bridgehead atoms. The van der Waals surface area contributed by atoms with Gasteiger partial charge in [-0.15, -0.1) is 24.8 Å². The van der Waals surface area contributed by atoms with E-state index < -0.39 is 5.41 Å². The molecule has 1 saturated heterocycles. The van der Waals surface area contributed by atoms with E-state index in [1.807, 2.05) is 18.7 Å². The van der Waals surface area contributed by atoms with Crippen molar-refractivity contribution >= 4 is 30.7 Å². The standard InChI is InChI=1S/C11H23N3O.2ClH/c1-4-13-5-7-14(8-6-13)10(15)11(2,3)9-12;;/h4-9,12H2,1-3H3;2*1H. The fourth-order valence-corrected chi connectivity index (χ4v) is 1.78. The van der Waals surface area contributed by atoms with Gasteiger partial charge in [-0.3, -0.25) is 4.79 Å². The van der Waals surface area contributed by atoms with Crippen LogP contribution in [0, 0.1) is 5.41 Å². The third-order valence-corrected chi connectivity index (χ3v) is 3.20. The molecule has 1 aliphatic heterocycles. The molecular weight excluding hydrogens is 261 g/mol. The summed E-state index contributed by atoms with van der Waals surface area (Å²) in [6.07, 6.45) is 0. The zero-order valence-corrected chi connectivity index (χ0v) is 12.6. The summed E-state index contributed by atoms with van der Waals surface area (Å²) in [4.78, 5) is 16.4. The van der Waals surface area contributed by atoms with Gasteiger partial charge in [-0.1, -0.05) is 6.92 Å². The monoisotopic (exact) mass is 285 g/mol. The molecule has 0 aromatic carbocycles. The van der Waals surface area contributed by atoms with Crippen LogP contribution in [0.25, 0.3) is 0 Å². The second-order valence-corrected chi connectivity index (χ2v) is 4.81. The molecule has 4 nitrogen and oxygen atoms in total. The van der Waals surface area contributed by atoms with Crippen LogP contribution in [0.2, 0.25) is 0 Å². The molecule has 0 atom stereocenters. The van der Waals surface area contributed by atoms with Gasteiger partial charge in [-0.2, -0.15) is 0 Å². The number of hydrogen-bond acceptors (Lipinski definition) is 3. The minimum absolute atomic E-state index is 0. The molecule has 2 N–H and O–H groups in total. The molecule has 0 radical (unpaired) electrons. The molecule has 1 amide bonds. The molecular formula is C11H25Cl2N3O. The van der Waals surface area contributed by atoms with Crippen LogP contribution in [-0.2, 0) is 4.79 Å². The Morgan fingerprint density at radius 3 is 2.00 bits per heavy atom. The second kappa shape index (κ2) is 8.14. The maximum Gasteiger partial charge on any atom is 0.229 e. The van der Waals surface area contributed by atoms with Crippen LogP contribution < -0.4 is 5.73 Å². The minimum atomic E-state index is -0.408. The third kappa shape index (κ3) is 5.00. The van der Waals surface area contributed by atoms with Crippen LogP contribution in [0.15, 0.2) is 0 Å². The molecule has 1 fully saturated rings. The number of rotatable bonds is 3. The lowest BCUT2D eigenvalue weighted by atomic mass is 9.91. The normalized spacial score (nSPS) is 17.1. The van der Waals surface area contributed by atoms with E-state index in [1.54, 1.807) is 0 Å². The van der Waals surface area contributed by atoms with Gasteiger partial charge in [0.2, 0.25) is 5.91 Å². The number of amides is 1. The van der Waals surface area contributed by atoms with E-state index in [4.69, 9.17) is 5.73 Å². The summed E-state index contributed by atoms with van der Waals surface area (Å²) in [6, 6.07) is 0. The van der Waals surface area contributed by atoms with Crippen LogP contribution >= 0.6 is 24.8 Å². The van der Waals surface area contributed by atoms with E-state index in [0.29, 0.717) is 6.54 Å². The van der Waals surface area contributed by atoms with Crippen molar-refractivity contribution in [3.63, 3.8) is 0 Å². The van der Waals surface area contributed by atoms with Gasteiger partial charge in [0.25, 0.3) is 0 Å². The van der Waals surface area contributed by atoms with Gasteiger partial charge < -0.3 is 15.5 Å². The van der Waals surface area contributed by atoms with E-state index in [-0.39, 0.29) is 30.7 Å². The predicted octanol–water partition coefficient (Wildman–Crippen LogP) is 0.979. The molecule has 1 rings (SSSR count). The lowest BCUT2D eigenvalue weighted by molar-refractivity contribution is -0.141. The SMILES string of the molecule is CCN1CCN(C(=O)C(C)(C)CN)CC1.Cl.Cl. The molecule has 0 saturated carbocycles. The number of nitrogens with two attached hydrogens (primary N) is 1. The van der Waals surface area contributed by atoms with Gasteiger partial charge >= 0.3 is 0 Å².